The van der Waals surface area contributed by atoms with Gasteiger partial charge in [-0.15, -0.1) is 6.42 Å². The van der Waals surface area contributed by atoms with Crippen LogP contribution in [-0.2, 0) is 0 Å². The first-order chi connectivity index (χ1) is 10.5. The highest BCUT2D eigenvalue weighted by atomic mass is 16.5. The molecule has 3 heteroatoms. The number of hydrogen-bond donors (Lipinski definition) is 2. The Kier molecular flexibility index (Phi) is 5.08. The summed E-state index contributed by atoms with van der Waals surface area (Å²) >= 11 is 0. The van der Waals surface area contributed by atoms with Crippen molar-refractivity contribution in [2.75, 3.05) is 12.3 Å². The van der Waals surface area contributed by atoms with E-state index in [9.17, 15) is 5.11 Å². The average Bonchev–Trinajstić information content (AvgIpc) is 2.53. The van der Waals surface area contributed by atoms with E-state index in [1.165, 1.54) is 5.56 Å². The normalized spacial score (nSPS) is 12.0. The molecule has 0 radical (unpaired) electrons. The Morgan fingerprint density at radius 1 is 1.14 bits per heavy atom. The summed E-state index contributed by atoms with van der Waals surface area (Å²) in [6.45, 7) is 4.45. The fourth-order valence-corrected chi connectivity index (χ4v) is 2.25. The van der Waals surface area contributed by atoms with E-state index in [0.29, 0.717) is 22.9 Å². The number of anilines is 1. The first kappa shape index (κ1) is 15.9. The average molecular weight is 295 g/mol. The van der Waals surface area contributed by atoms with Crippen LogP contribution in [0.3, 0.4) is 0 Å². The summed E-state index contributed by atoms with van der Waals surface area (Å²) in [6.07, 6.45) is 4.39. The molecule has 0 amide bonds. The van der Waals surface area contributed by atoms with Crippen LogP contribution in [0.5, 0.6) is 5.75 Å². The number of hydrogen-bond acceptors (Lipinski definition) is 3. The molecular weight excluding hydrogens is 274 g/mol. The fraction of sp³-hybridized carbons (Fsp3) is 0.263. The Hall–Kier alpha value is -2.44. The predicted molar refractivity (Wildman–Crippen MR) is 89.8 cm³/mol. The number of ether oxygens (including phenoxy) is 1. The third-order valence-electron chi connectivity index (χ3n) is 3.59. The molecule has 0 saturated carbocycles. The van der Waals surface area contributed by atoms with Crippen molar-refractivity contribution < 1.29 is 9.84 Å². The van der Waals surface area contributed by atoms with Crippen LogP contribution in [0.25, 0.3) is 0 Å². The van der Waals surface area contributed by atoms with Crippen LogP contribution in [0, 0.1) is 12.3 Å². The van der Waals surface area contributed by atoms with Gasteiger partial charge in [0, 0.05) is 11.3 Å². The van der Waals surface area contributed by atoms with Gasteiger partial charge < -0.3 is 15.6 Å². The Bertz CT molecular complexity index is 669. The molecule has 2 rings (SSSR count). The van der Waals surface area contributed by atoms with Crippen molar-refractivity contribution in [3.63, 3.8) is 0 Å². The maximum absolute atomic E-state index is 10.6. The van der Waals surface area contributed by atoms with Crippen LogP contribution in [0.1, 0.15) is 42.6 Å². The number of nitrogens with two attached hydrogens (primary N) is 1. The molecule has 0 aliphatic rings. The van der Waals surface area contributed by atoms with E-state index in [-0.39, 0.29) is 6.61 Å². The van der Waals surface area contributed by atoms with Gasteiger partial charge in [-0.2, -0.15) is 0 Å². The molecule has 0 fully saturated rings. The molecule has 0 saturated heterocycles. The highest BCUT2D eigenvalue weighted by molar-refractivity contribution is 5.54. The molecule has 114 valence electrons. The van der Waals surface area contributed by atoms with Crippen LogP contribution in [-0.4, -0.2) is 11.7 Å². The zero-order chi connectivity index (χ0) is 16.1. The molecule has 1 atom stereocenters. The quantitative estimate of drug-likeness (QED) is 0.656. The Morgan fingerprint density at radius 2 is 1.77 bits per heavy atom. The number of aliphatic hydroxyl groups is 1. The largest absolute Gasteiger partial charge is 0.481 e. The predicted octanol–water partition coefficient (Wildman–Crippen LogP) is 3.49. The lowest BCUT2D eigenvalue weighted by atomic mass is 9.96. The number of terminal acetylenes is 1. The number of nitrogen functional groups attached to an aromatic ring is 1. The first-order valence-electron chi connectivity index (χ1n) is 7.26. The first-order valence-corrected chi connectivity index (χ1v) is 7.26. The van der Waals surface area contributed by atoms with Gasteiger partial charge in [-0.3, -0.25) is 0 Å². The SMILES string of the molecule is C#CCOc1ccc(N)c(C(O)c2ccc(C(C)C)cc2)c1. The van der Waals surface area contributed by atoms with E-state index in [4.69, 9.17) is 16.9 Å². The summed E-state index contributed by atoms with van der Waals surface area (Å²) < 4.78 is 5.38. The highest BCUT2D eigenvalue weighted by Gasteiger charge is 2.15. The highest BCUT2D eigenvalue weighted by Crippen LogP contribution is 2.30. The van der Waals surface area contributed by atoms with E-state index in [0.717, 1.165) is 5.56 Å². The minimum atomic E-state index is -0.796. The second kappa shape index (κ2) is 7.02. The molecule has 0 spiro atoms. The van der Waals surface area contributed by atoms with Gasteiger partial charge in [-0.25, -0.2) is 0 Å². The summed E-state index contributed by atoms with van der Waals surface area (Å²) in [6, 6.07) is 13.1. The Morgan fingerprint density at radius 3 is 2.36 bits per heavy atom. The van der Waals surface area contributed by atoms with E-state index >= 15 is 0 Å². The van der Waals surface area contributed by atoms with Crippen LogP contribution < -0.4 is 10.5 Å². The van der Waals surface area contributed by atoms with Crippen molar-refractivity contribution in [1.82, 2.24) is 0 Å². The molecule has 1 unspecified atom stereocenters. The van der Waals surface area contributed by atoms with Gasteiger partial charge in [-0.1, -0.05) is 44.0 Å². The molecule has 2 aromatic carbocycles. The minimum absolute atomic E-state index is 0.183. The third-order valence-corrected chi connectivity index (χ3v) is 3.59. The van der Waals surface area contributed by atoms with E-state index in [1.807, 2.05) is 24.3 Å². The molecule has 0 bridgehead atoms. The van der Waals surface area contributed by atoms with Gasteiger partial charge in [0.15, 0.2) is 0 Å². The van der Waals surface area contributed by atoms with Crippen LogP contribution >= 0.6 is 0 Å². The van der Waals surface area contributed by atoms with Crippen molar-refractivity contribution in [3.05, 3.63) is 59.2 Å². The third kappa shape index (κ3) is 3.60. The van der Waals surface area contributed by atoms with Gasteiger partial charge in [0.2, 0.25) is 0 Å². The van der Waals surface area contributed by atoms with Crippen molar-refractivity contribution in [1.29, 1.82) is 0 Å². The second-order valence-electron chi connectivity index (χ2n) is 5.51. The van der Waals surface area contributed by atoms with Gasteiger partial charge in [0.25, 0.3) is 0 Å². The molecule has 2 aromatic rings. The molecular formula is C19H21NO2. The standard InChI is InChI=1S/C19H21NO2/c1-4-11-22-16-9-10-18(20)17(12-16)19(21)15-7-5-14(6-8-15)13(2)3/h1,5-10,12-13,19,21H,11,20H2,2-3H3. The maximum Gasteiger partial charge on any atom is 0.148 e. The van der Waals surface area contributed by atoms with E-state index in [1.54, 1.807) is 18.2 Å². The van der Waals surface area contributed by atoms with Crippen molar-refractivity contribution in [2.45, 2.75) is 25.9 Å². The molecule has 22 heavy (non-hydrogen) atoms. The van der Waals surface area contributed by atoms with Crippen molar-refractivity contribution in [3.8, 4) is 18.1 Å². The molecule has 0 heterocycles. The Balaban J connectivity index is 2.28. The summed E-state index contributed by atoms with van der Waals surface area (Å²) in [5, 5.41) is 10.6. The molecule has 0 aliphatic heterocycles. The van der Waals surface area contributed by atoms with Crippen molar-refractivity contribution in [2.24, 2.45) is 0 Å². The Labute approximate surface area is 131 Å². The zero-order valence-corrected chi connectivity index (χ0v) is 12.9. The lowest BCUT2D eigenvalue weighted by Gasteiger charge is -2.16. The lowest BCUT2D eigenvalue weighted by molar-refractivity contribution is 0.220. The smallest absolute Gasteiger partial charge is 0.148 e. The topological polar surface area (TPSA) is 55.5 Å². The van der Waals surface area contributed by atoms with E-state index < -0.39 is 6.10 Å². The van der Waals surface area contributed by atoms with Gasteiger partial charge in [-0.05, 0) is 35.2 Å². The van der Waals surface area contributed by atoms with Crippen LogP contribution in [0.15, 0.2) is 42.5 Å². The van der Waals surface area contributed by atoms with Gasteiger partial charge in [0.05, 0.1) is 0 Å². The molecule has 3 N–H and O–H groups in total. The van der Waals surface area contributed by atoms with Crippen LogP contribution in [0.4, 0.5) is 5.69 Å². The van der Waals surface area contributed by atoms with Gasteiger partial charge in [0.1, 0.15) is 18.5 Å². The molecule has 0 aliphatic carbocycles. The second-order valence-corrected chi connectivity index (χ2v) is 5.51. The summed E-state index contributed by atoms with van der Waals surface area (Å²) in [4.78, 5) is 0. The summed E-state index contributed by atoms with van der Waals surface area (Å²) in [5.74, 6) is 3.46. The van der Waals surface area contributed by atoms with Crippen molar-refractivity contribution >= 4 is 5.69 Å². The number of rotatable bonds is 5. The van der Waals surface area contributed by atoms with Gasteiger partial charge >= 0.3 is 0 Å². The maximum atomic E-state index is 10.6. The molecule has 3 nitrogen and oxygen atoms in total. The molecule has 0 aromatic heterocycles. The number of aliphatic hydroxyl groups excluding tert-OH is 1. The van der Waals surface area contributed by atoms with E-state index in [2.05, 4.69) is 19.8 Å². The summed E-state index contributed by atoms with van der Waals surface area (Å²) in [5.41, 5.74) is 9.15. The monoisotopic (exact) mass is 295 g/mol. The zero-order valence-electron chi connectivity index (χ0n) is 12.9. The number of benzene rings is 2. The van der Waals surface area contributed by atoms with Crippen LogP contribution in [0.2, 0.25) is 0 Å². The fourth-order valence-electron chi connectivity index (χ4n) is 2.25. The lowest BCUT2D eigenvalue weighted by Crippen LogP contribution is -2.05. The minimum Gasteiger partial charge on any atom is -0.481 e. The summed E-state index contributed by atoms with van der Waals surface area (Å²) in [7, 11) is 0.